The van der Waals surface area contributed by atoms with Crippen molar-refractivity contribution < 1.29 is 14.6 Å². The minimum Gasteiger partial charge on any atom is -0.482 e. The molecular weight excluding hydrogens is 460 g/mol. The summed E-state index contributed by atoms with van der Waals surface area (Å²) in [6.07, 6.45) is 1.56. The minimum atomic E-state index is -1.00. The SMILES string of the molecule is O=C(O)COc1cccc(SCCCc2cc(=O)[nH]nc2C(c2ccccc2)c2ccccc2)c1. The van der Waals surface area contributed by atoms with E-state index in [0.717, 1.165) is 39.5 Å². The summed E-state index contributed by atoms with van der Waals surface area (Å²) in [7, 11) is 0. The summed E-state index contributed by atoms with van der Waals surface area (Å²) in [6.45, 7) is -0.365. The molecule has 3 aromatic carbocycles. The Morgan fingerprint density at radius 2 is 1.63 bits per heavy atom. The highest BCUT2D eigenvalue weighted by atomic mass is 32.2. The number of benzene rings is 3. The van der Waals surface area contributed by atoms with Crippen LogP contribution in [0.15, 0.2) is 101 Å². The Balaban J connectivity index is 1.49. The third kappa shape index (κ3) is 6.83. The molecule has 35 heavy (non-hydrogen) atoms. The number of aromatic nitrogens is 2. The van der Waals surface area contributed by atoms with Crippen LogP contribution < -0.4 is 10.3 Å². The molecule has 1 heterocycles. The van der Waals surface area contributed by atoms with E-state index in [1.54, 1.807) is 23.9 Å². The number of carboxylic acid groups (broad SMARTS) is 1. The lowest BCUT2D eigenvalue weighted by atomic mass is 9.85. The molecule has 0 aliphatic rings. The van der Waals surface area contributed by atoms with Crippen molar-refractivity contribution in [3.05, 3.63) is 124 Å². The van der Waals surface area contributed by atoms with Crippen LogP contribution in [0, 0.1) is 0 Å². The molecule has 4 aromatic rings. The number of carboxylic acids is 1. The molecule has 1 aromatic heterocycles. The molecule has 0 spiro atoms. The summed E-state index contributed by atoms with van der Waals surface area (Å²) in [5.41, 5.74) is 3.82. The van der Waals surface area contributed by atoms with Crippen LogP contribution in [-0.2, 0) is 11.2 Å². The maximum absolute atomic E-state index is 12.2. The molecule has 0 fully saturated rings. The number of hydrogen-bond acceptors (Lipinski definition) is 5. The first-order valence-electron chi connectivity index (χ1n) is 11.4. The van der Waals surface area contributed by atoms with E-state index in [9.17, 15) is 9.59 Å². The first-order valence-corrected chi connectivity index (χ1v) is 12.3. The largest absolute Gasteiger partial charge is 0.482 e. The van der Waals surface area contributed by atoms with Gasteiger partial charge in [-0.15, -0.1) is 11.8 Å². The van der Waals surface area contributed by atoms with E-state index in [2.05, 4.69) is 34.5 Å². The Kier molecular flexibility index (Phi) is 8.35. The van der Waals surface area contributed by atoms with Crippen LogP contribution in [-0.4, -0.2) is 33.6 Å². The lowest BCUT2D eigenvalue weighted by Crippen LogP contribution is -2.17. The number of nitrogens with one attached hydrogen (secondary N) is 1. The molecule has 4 rings (SSSR count). The lowest BCUT2D eigenvalue weighted by molar-refractivity contribution is -0.139. The topological polar surface area (TPSA) is 92.3 Å². The molecule has 6 nitrogen and oxygen atoms in total. The normalized spacial score (nSPS) is 10.9. The number of H-pyrrole nitrogens is 1. The molecule has 0 bridgehead atoms. The Morgan fingerprint density at radius 1 is 0.943 bits per heavy atom. The van der Waals surface area contributed by atoms with Gasteiger partial charge in [-0.2, -0.15) is 5.10 Å². The molecule has 7 heteroatoms. The first-order chi connectivity index (χ1) is 17.1. The third-order valence-electron chi connectivity index (χ3n) is 5.49. The number of rotatable bonds is 11. The number of thioether (sulfide) groups is 1. The number of aryl methyl sites for hydroxylation is 1. The van der Waals surface area contributed by atoms with E-state index in [-0.39, 0.29) is 18.1 Å². The van der Waals surface area contributed by atoms with Crippen molar-refractivity contribution >= 4 is 17.7 Å². The zero-order valence-electron chi connectivity index (χ0n) is 19.1. The molecule has 178 valence electrons. The van der Waals surface area contributed by atoms with Crippen molar-refractivity contribution in [1.29, 1.82) is 0 Å². The van der Waals surface area contributed by atoms with Crippen LogP contribution in [0.25, 0.3) is 0 Å². The van der Waals surface area contributed by atoms with E-state index in [4.69, 9.17) is 9.84 Å². The highest BCUT2D eigenvalue weighted by molar-refractivity contribution is 7.99. The standard InChI is InChI=1S/C28H26N2O4S/c31-25-17-22(13-8-16-35-24-15-7-14-23(18-24)34-19-26(32)33)28(30-29-25)27(20-9-3-1-4-10-20)21-11-5-2-6-12-21/h1-7,9-12,14-15,17-18,27H,8,13,16,19H2,(H,29,31)(H,32,33). The van der Waals surface area contributed by atoms with Crippen molar-refractivity contribution in [1.82, 2.24) is 10.2 Å². The number of hydrogen-bond donors (Lipinski definition) is 2. The Morgan fingerprint density at radius 3 is 2.29 bits per heavy atom. The van der Waals surface area contributed by atoms with E-state index in [1.807, 2.05) is 54.6 Å². The van der Waals surface area contributed by atoms with E-state index in [0.29, 0.717) is 12.2 Å². The molecule has 0 saturated carbocycles. The van der Waals surface area contributed by atoms with Crippen LogP contribution in [0.5, 0.6) is 5.75 Å². The zero-order chi connectivity index (χ0) is 24.5. The monoisotopic (exact) mass is 486 g/mol. The smallest absolute Gasteiger partial charge is 0.341 e. The van der Waals surface area contributed by atoms with Crippen LogP contribution in [0.2, 0.25) is 0 Å². The van der Waals surface area contributed by atoms with E-state index >= 15 is 0 Å². The predicted octanol–water partition coefficient (Wildman–Crippen LogP) is 5.14. The Bertz CT molecular complexity index is 1270. The quantitative estimate of drug-likeness (QED) is 0.225. The van der Waals surface area contributed by atoms with Crippen molar-refractivity contribution in [2.24, 2.45) is 0 Å². The Hall–Kier alpha value is -3.84. The highest BCUT2D eigenvalue weighted by Crippen LogP contribution is 2.32. The van der Waals surface area contributed by atoms with Gasteiger partial charge in [-0.05, 0) is 53.5 Å². The summed E-state index contributed by atoms with van der Waals surface area (Å²) in [4.78, 5) is 23.9. The van der Waals surface area contributed by atoms with Gasteiger partial charge in [0.05, 0.1) is 11.6 Å². The second kappa shape index (κ2) is 12.0. The average Bonchev–Trinajstić information content (AvgIpc) is 2.88. The second-order valence-corrected chi connectivity index (χ2v) is 9.17. The predicted molar refractivity (Wildman–Crippen MR) is 137 cm³/mol. The number of carbonyl (C=O) groups is 1. The minimum absolute atomic E-state index is 0.0834. The van der Waals surface area contributed by atoms with E-state index in [1.165, 1.54) is 0 Å². The lowest BCUT2D eigenvalue weighted by Gasteiger charge is -2.20. The van der Waals surface area contributed by atoms with Gasteiger partial charge in [0.15, 0.2) is 6.61 Å². The van der Waals surface area contributed by atoms with Gasteiger partial charge >= 0.3 is 5.97 Å². The molecule has 0 amide bonds. The molecule has 0 aliphatic heterocycles. The van der Waals surface area contributed by atoms with Gasteiger partial charge in [-0.25, -0.2) is 9.89 Å². The zero-order valence-corrected chi connectivity index (χ0v) is 19.9. The number of nitrogens with zero attached hydrogens (tertiary/aromatic N) is 1. The van der Waals surface area contributed by atoms with Crippen molar-refractivity contribution in [3.8, 4) is 5.75 Å². The van der Waals surface area contributed by atoms with Gasteiger partial charge in [-0.3, -0.25) is 4.79 Å². The van der Waals surface area contributed by atoms with Gasteiger partial charge in [0.1, 0.15) is 5.75 Å². The van der Waals surface area contributed by atoms with Gasteiger partial charge in [0.2, 0.25) is 0 Å². The van der Waals surface area contributed by atoms with Gasteiger partial charge in [0.25, 0.3) is 5.56 Å². The summed E-state index contributed by atoms with van der Waals surface area (Å²) < 4.78 is 5.26. The van der Waals surface area contributed by atoms with Crippen LogP contribution in [0.4, 0.5) is 0 Å². The molecular formula is C28H26N2O4S. The fourth-order valence-electron chi connectivity index (χ4n) is 3.95. The van der Waals surface area contributed by atoms with Crippen molar-refractivity contribution in [3.63, 3.8) is 0 Å². The Labute approximate surface area is 208 Å². The van der Waals surface area contributed by atoms with E-state index < -0.39 is 5.97 Å². The highest BCUT2D eigenvalue weighted by Gasteiger charge is 2.21. The second-order valence-electron chi connectivity index (χ2n) is 8.01. The van der Waals surface area contributed by atoms with Gasteiger partial charge < -0.3 is 9.84 Å². The van der Waals surface area contributed by atoms with Crippen LogP contribution >= 0.6 is 11.8 Å². The fourth-order valence-corrected chi connectivity index (χ4v) is 4.85. The summed E-state index contributed by atoms with van der Waals surface area (Å²) in [6, 6.07) is 29.5. The summed E-state index contributed by atoms with van der Waals surface area (Å²) >= 11 is 1.67. The number of ether oxygens (including phenoxy) is 1. The van der Waals surface area contributed by atoms with Crippen LogP contribution in [0.1, 0.15) is 34.7 Å². The molecule has 0 saturated heterocycles. The molecule has 0 aliphatic carbocycles. The van der Waals surface area contributed by atoms with Gasteiger partial charge in [0, 0.05) is 11.0 Å². The molecule has 2 N–H and O–H groups in total. The average molecular weight is 487 g/mol. The summed E-state index contributed by atoms with van der Waals surface area (Å²) in [5, 5.41) is 15.9. The molecule has 0 unspecified atom stereocenters. The van der Waals surface area contributed by atoms with Crippen molar-refractivity contribution in [2.45, 2.75) is 23.7 Å². The number of aromatic amines is 1. The molecule has 0 radical (unpaired) electrons. The maximum Gasteiger partial charge on any atom is 0.341 e. The van der Waals surface area contributed by atoms with Gasteiger partial charge in [-0.1, -0.05) is 66.7 Å². The molecule has 0 atom stereocenters. The van der Waals surface area contributed by atoms with Crippen molar-refractivity contribution in [2.75, 3.05) is 12.4 Å². The summed E-state index contributed by atoms with van der Waals surface area (Å²) in [5.74, 6) is 0.275. The fraction of sp³-hybridized carbons (Fsp3) is 0.179. The third-order valence-corrected chi connectivity index (χ3v) is 6.57. The van der Waals surface area contributed by atoms with Crippen LogP contribution in [0.3, 0.4) is 0 Å². The number of aliphatic carboxylic acids is 1. The maximum atomic E-state index is 12.2. The first kappa shape index (κ1) is 24.3.